The first-order valence-corrected chi connectivity index (χ1v) is 8.59. The van der Waals surface area contributed by atoms with Crippen LogP contribution in [0.5, 0.6) is 0 Å². The Labute approximate surface area is 154 Å². The number of hydrogen-bond donors (Lipinski definition) is 1. The lowest BCUT2D eigenvalue weighted by atomic mass is 9.92. The largest absolute Gasteiger partial charge is 0.306 e. The standard InChI is InChI=1S/C18H18BrN5O/c1-18(2,3)14-11-15(24(23-14)17-20-9-6-10-21-17)22-16(25)12-7-4-5-8-13(12)19/h4-11H,1-3H3,(H,22,25). The van der Waals surface area contributed by atoms with E-state index < -0.39 is 0 Å². The monoisotopic (exact) mass is 399 g/mol. The number of nitrogens with zero attached hydrogens (tertiary/aromatic N) is 4. The fourth-order valence-corrected chi connectivity index (χ4v) is 2.68. The molecule has 0 aliphatic carbocycles. The van der Waals surface area contributed by atoms with E-state index in [0.717, 1.165) is 10.2 Å². The van der Waals surface area contributed by atoms with Crippen LogP contribution >= 0.6 is 15.9 Å². The highest BCUT2D eigenvalue weighted by Gasteiger charge is 2.23. The summed E-state index contributed by atoms with van der Waals surface area (Å²) in [6.45, 7) is 6.18. The maximum absolute atomic E-state index is 12.7. The number of anilines is 1. The molecule has 3 rings (SSSR count). The Morgan fingerprint density at radius 1 is 1.12 bits per heavy atom. The Bertz CT molecular complexity index is 899. The van der Waals surface area contributed by atoms with E-state index >= 15 is 0 Å². The van der Waals surface area contributed by atoms with Gasteiger partial charge in [-0.2, -0.15) is 9.78 Å². The molecule has 0 unspecified atom stereocenters. The smallest absolute Gasteiger partial charge is 0.257 e. The molecule has 2 aromatic heterocycles. The van der Waals surface area contributed by atoms with Crippen molar-refractivity contribution >= 4 is 27.7 Å². The van der Waals surface area contributed by atoms with Crippen molar-refractivity contribution in [2.45, 2.75) is 26.2 Å². The third kappa shape index (κ3) is 3.76. The molecule has 0 atom stereocenters. The molecule has 1 amide bonds. The molecule has 2 heterocycles. The van der Waals surface area contributed by atoms with Gasteiger partial charge in [0.2, 0.25) is 0 Å². The Hall–Kier alpha value is -2.54. The van der Waals surface area contributed by atoms with Gasteiger partial charge in [-0.25, -0.2) is 9.97 Å². The molecular formula is C18H18BrN5O. The van der Waals surface area contributed by atoms with Crippen molar-refractivity contribution in [3.05, 3.63) is 64.5 Å². The van der Waals surface area contributed by atoms with Gasteiger partial charge in [0.05, 0.1) is 11.3 Å². The topological polar surface area (TPSA) is 72.7 Å². The zero-order valence-electron chi connectivity index (χ0n) is 14.2. The number of nitrogens with one attached hydrogen (secondary N) is 1. The predicted molar refractivity (Wildman–Crippen MR) is 99.9 cm³/mol. The number of halogens is 1. The fraction of sp³-hybridized carbons (Fsp3) is 0.222. The molecule has 3 aromatic rings. The second kappa shape index (κ2) is 6.76. The number of aromatic nitrogens is 4. The predicted octanol–water partition coefficient (Wildman–Crippen LogP) is 3.97. The van der Waals surface area contributed by atoms with Crippen LogP contribution in [0.2, 0.25) is 0 Å². The molecule has 1 N–H and O–H groups in total. The van der Waals surface area contributed by atoms with Crippen LogP contribution in [-0.4, -0.2) is 25.7 Å². The molecule has 0 radical (unpaired) electrons. The first kappa shape index (κ1) is 17.3. The van der Waals surface area contributed by atoms with Crippen LogP contribution in [0.3, 0.4) is 0 Å². The van der Waals surface area contributed by atoms with Gasteiger partial charge in [0.1, 0.15) is 5.82 Å². The Morgan fingerprint density at radius 2 is 1.80 bits per heavy atom. The molecule has 0 saturated carbocycles. The molecule has 0 bridgehead atoms. The van der Waals surface area contributed by atoms with Gasteiger partial charge in [0.25, 0.3) is 11.9 Å². The first-order valence-electron chi connectivity index (χ1n) is 7.80. The van der Waals surface area contributed by atoms with E-state index in [1.54, 1.807) is 29.2 Å². The molecule has 0 aliphatic heterocycles. The third-order valence-electron chi connectivity index (χ3n) is 3.58. The number of amides is 1. The lowest BCUT2D eigenvalue weighted by Gasteiger charge is -2.13. The zero-order valence-corrected chi connectivity index (χ0v) is 15.8. The Kier molecular flexibility index (Phi) is 4.67. The van der Waals surface area contributed by atoms with Crippen LogP contribution in [0, 0.1) is 0 Å². The fourth-order valence-electron chi connectivity index (χ4n) is 2.22. The summed E-state index contributed by atoms with van der Waals surface area (Å²) in [6, 6.07) is 10.8. The van der Waals surface area contributed by atoms with Gasteiger partial charge < -0.3 is 5.32 Å². The molecule has 1 aromatic carbocycles. The number of carbonyl (C=O) groups excluding carboxylic acids is 1. The highest BCUT2D eigenvalue weighted by molar-refractivity contribution is 9.10. The zero-order chi connectivity index (χ0) is 18.0. The quantitative estimate of drug-likeness (QED) is 0.722. The van der Waals surface area contributed by atoms with E-state index in [0.29, 0.717) is 17.3 Å². The van der Waals surface area contributed by atoms with Crippen LogP contribution < -0.4 is 5.32 Å². The van der Waals surface area contributed by atoms with E-state index in [4.69, 9.17) is 0 Å². The van der Waals surface area contributed by atoms with E-state index in [1.165, 1.54) is 0 Å². The van der Waals surface area contributed by atoms with Gasteiger partial charge in [0.15, 0.2) is 0 Å². The minimum atomic E-state index is -0.231. The average Bonchev–Trinajstić information content (AvgIpc) is 3.00. The van der Waals surface area contributed by atoms with Gasteiger partial charge in [-0.15, -0.1) is 0 Å². The van der Waals surface area contributed by atoms with Crippen molar-refractivity contribution < 1.29 is 4.79 Å². The molecule has 0 fully saturated rings. The van der Waals surface area contributed by atoms with Gasteiger partial charge in [0, 0.05) is 28.3 Å². The van der Waals surface area contributed by atoms with Crippen molar-refractivity contribution in [1.82, 2.24) is 19.7 Å². The molecular weight excluding hydrogens is 382 g/mol. The lowest BCUT2D eigenvalue weighted by molar-refractivity contribution is 0.102. The van der Waals surface area contributed by atoms with E-state index in [2.05, 4.69) is 57.1 Å². The maximum Gasteiger partial charge on any atom is 0.257 e. The normalized spacial score (nSPS) is 11.4. The average molecular weight is 400 g/mol. The van der Waals surface area contributed by atoms with Crippen LogP contribution in [-0.2, 0) is 5.41 Å². The summed E-state index contributed by atoms with van der Waals surface area (Å²) in [6.07, 6.45) is 3.28. The van der Waals surface area contributed by atoms with Crippen molar-refractivity contribution in [1.29, 1.82) is 0 Å². The second-order valence-corrected chi connectivity index (χ2v) is 7.41. The van der Waals surface area contributed by atoms with Gasteiger partial charge in [-0.3, -0.25) is 4.79 Å². The summed E-state index contributed by atoms with van der Waals surface area (Å²) in [4.78, 5) is 21.1. The first-order chi connectivity index (χ1) is 11.9. The number of carbonyl (C=O) groups is 1. The van der Waals surface area contributed by atoms with Gasteiger partial charge in [-0.05, 0) is 34.1 Å². The second-order valence-electron chi connectivity index (χ2n) is 6.56. The van der Waals surface area contributed by atoms with Crippen LogP contribution in [0.4, 0.5) is 5.82 Å². The Balaban J connectivity index is 2.01. The lowest BCUT2D eigenvalue weighted by Crippen LogP contribution is -2.16. The number of hydrogen-bond acceptors (Lipinski definition) is 4. The highest BCUT2D eigenvalue weighted by atomic mass is 79.9. The van der Waals surface area contributed by atoms with Crippen LogP contribution in [0.1, 0.15) is 36.8 Å². The van der Waals surface area contributed by atoms with Crippen molar-refractivity contribution in [3.8, 4) is 5.95 Å². The van der Waals surface area contributed by atoms with E-state index in [1.807, 2.05) is 24.3 Å². The Morgan fingerprint density at radius 3 is 2.44 bits per heavy atom. The summed E-state index contributed by atoms with van der Waals surface area (Å²) >= 11 is 3.40. The summed E-state index contributed by atoms with van der Waals surface area (Å²) in [7, 11) is 0. The van der Waals surface area contributed by atoms with E-state index in [9.17, 15) is 4.79 Å². The van der Waals surface area contributed by atoms with Crippen LogP contribution in [0.25, 0.3) is 5.95 Å². The summed E-state index contributed by atoms with van der Waals surface area (Å²) < 4.78 is 2.28. The highest BCUT2D eigenvalue weighted by Crippen LogP contribution is 2.26. The number of rotatable bonds is 3. The van der Waals surface area contributed by atoms with E-state index in [-0.39, 0.29) is 11.3 Å². The minimum absolute atomic E-state index is 0.174. The van der Waals surface area contributed by atoms with Crippen molar-refractivity contribution in [2.75, 3.05) is 5.32 Å². The molecule has 6 nitrogen and oxygen atoms in total. The molecule has 0 aliphatic rings. The maximum atomic E-state index is 12.7. The summed E-state index contributed by atoms with van der Waals surface area (Å²) in [5.74, 6) is 0.697. The van der Waals surface area contributed by atoms with Gasteiger partial charge in [-0.1, -0.05) is 32.9 Å². The SMILES string of the molecule is CC(C)(C)c1cc(NC(=O)c2ccccc2Br)n(-c2ncccn2)n1. The molecule has 25 heavy (non-hydrogen) atoms. The molecule has 0 spiro atoms. The third-order valence-corrected chi connectivity index (χ3v) is 4.27. The summed E-state index contributed by atoms with van der Waals surface area (Å²) in [5.41, 5.74) is 1.20. The molecule has 128 valence electrons. The molecule has 7 heteroatoms. The van der Waals surface area contributed by atoms with Crippen molar-refractivity contribution in [3.63, 3.8) is 0 Å². The minimum Gasteiger partial charge on any atom is -0.306 e. The molecule has 0 saturated heterocycles. The van der Waals surface area contributed by atoms with Crippen molar-refractivity contribution in [2.24, 2.45) is 0 Å². The summed E-state index contributed by atoms with van der Waals surface area (Å²) in [5, 5.41) is 7.50. The number of benzene rings is 1. The van der Waals surface area contributed by atoms with Gasteiger partial charge >= 0.3 is 0 Å². The van der Waals surface area contributed by atoms with Crippen LogP contribution in [0.15, 0.2) is 53.3 Å².